The van der Waals surface area contributed by atoms with E-state index in [0.29, 0.717) is 12.2 Å². The van der Waals surface area contributed by atoms with Crippen LogP contribution in [0.4, 0.5) is 0 Å². The number of nitrogens with one attached hydrogen (secondary N) is 1. The summed E-state index contributed by atoms with van der Waals surface area (Å²) in [5.74, 6) is 1.57. The summed E-state index contributed by atoms with van der Waals surface area (Å²) >= 11 is 0. The molecule has 1 amide bonds. The molecule has 2 aromatic carbocycles. The fourth-order valence-electron chi connectivity index (χ4n) is 4.46. The van der Waals surface area contributed by atoms with Crippen LogP contribution in [0.1, 0.15) is 67.2 Å². The SMILES string of the molecule is CCOc1cc2c(c3c1OC(C)(C)C3)C(c1ccc(C(=O)NC)cc1)=NC(C)(C)C2. The largest absolute Gasteiger partial charge is 0.490 e. The van der Waals surface area contributed by atoms with Gasteiger partial charge in [0.15, 0.2) is 11.5 Å². The number of aliphatic imine (C=N–C) groups is 1. The number of rotatable bonds is 4. The number of fused-ring (bicyclic) bond motifs is 3. The fraction of sp³-hybridized carbons (Fsp3) is 0.440. The van der Waals surface area contributed by atoms with Gasteiger partial charge in [-0.2, -0.15) is 0 Å². The average Bonchev–Trinajstić information content (AvgIpc) is 3.01. The molecule has 0 unspecified atom stereocenters. The molecule has 2 heterocycles. The van der Waals surface area contributed by atoms with Crippen LogP contribution in [-0.4, -0.2) is 36.4 Å². The van der Waals surface area contributed by atoms with E-state index in [1.54, 1.807) is 7.05 Å². The highest BCUT2D eigenvalue weighted by molar-refractivity contribution is 6.16. The summed E-state index contributed by atoms with van der Waals surface area (Å²) in [6, 6.07) is 9.81. The summed E-state index contributed by atoms with van der Waals surface area (Å²) in [5.41, 5.74) is 5.66. The number of ether oxygens (including phenoxy) is 2. The quantitative estimate of drug-likeness (QED) is 0.822. The second kappa shape index (κ2) is 7.15. The van der Waals surface area contributed by atoms with E-state index < -0.39 is 0 Å². The van der Waals surface area contributed by atoms with E-state index in [2.05, 4.69) is 39.1 Å². The molecule has 0 aliphatic carbocycles. The Labute approximate surface area is 178 Å². The summed E-state index contributed by atoms with van der Waals surface area (Å²) in [7, 11) is 1.64. The van der Waals surface area contributed by atoms with Gasteiger partial charge in [-0.05, 0) is 64.8 Å². The molecular weight excluding hydrogens is 376 g/mol. The summed E-state index contributed by atoms with van der Waals surface area (Å²) < 4.78 is 12.3. The lowest BCUT2D eigenvalue weighted by atomic mass is 9.81. The number of hydrogen-bond acceptors (Lipinski definition) is 4. The third-order valence-corrected chi connectivity index (χ3v) is 5.63. The summed E-state index contributed by atoms with van der Waals surface area (Å²) in [6.07, 6.45) is 1.65. The minimum absolute atomic E-state index is 0.0924. The lowest BCUT2D eigenvalue weighted by Gasteiger charge is -2.31. The standard InChI is InChI=1S/C25H30N2O3/c1-7-29-19-12-17-13-24(2,3)27-21(15-8-10-16(11-9-15)23(28)26-6)20(17)18-14-25(4,5)30-22(18)19/h8-12H,7,13-14H2,1-6H3,(H,26,28). The van der Waals surface area contributed by atoms with Crippen LogP contribution in [0.5, 0.6) is 11.5 Å². The first kappa shape index (κ1) is 20.5. The molecule has 0 saturated carbocycles. The Balaban J connectivity index is 1.89. The van der Waals surface area contributed by atoms with E-state index in [4.69, 9.17) is 14.5 Å². The molecule has 2 aliphatic heterocycles. The van der Waals surface area contributed by atoms with Crippen LogP contribution in [0.3, 0.4) is 0 Å². The molecule has 30 heavy (non-hydrogen) atoms. The molecule has 0 radical (unpaired) electrons. The van der Waals surface area contributed by atoms with Crippen LogP contribution in [0.25, 0.3) is 0 Å². The first-order chi connectivity index (χ1) is 14.1. The second-order valence-electron chi connectivity index (χ2n) is 9.29. The van der Waals surface area contributed by atoms with Gasteiger partial charge in [-0.25, -0.2) is 0 Å². The van der Waals surface area contributed by atoms with Crippen molar-refractivity contribution in [1.29, 1.82) is 0 Å². The van der Waals surface area contributed by atoms with Crippen molar-refractivity contribution in [2.24, 2.45) is 4.99 Å². The Morgan fingerprint density at radius 1 is 1.17 bits per heavy atom. The van der Waals surface area contributed by atoms with E-state index in [9.17, 15) is 4.79 Å². The first-order valence-corrected chi connectivity index (χ1v) is 10.6. The number of amides is 1. The van der Waals surface area contributed by atoms with Gasteiger partial charge in [-0.3, -0.25) is 9.79 Å². The highest BCUT2D eigenvalue weighted by Gasteiger charge is 2.39. The van der Waals surface area contributed by atoms with Crippen LogP contribution >= 0.6 is 0 Å². The topological polar surface area (TPSA) is 59.9 Å². The Morgan fingerprint density at radius 2 is 1.87 bits per heavy atom. The van der Waals surface area contributed by atoms with Crippen molar-refractivity contribution in [2.75, 3.05) is 13.7 Å². The Bertz CT molecular complexity index is 1030. The van der Waals surface area contributed by atoms with Crippen LogP contribution in [-0.2, 0) is 12.8 Å². The van der Waals surface area contributed by atoms with Gasteiger partial charge in [0.2, 0.25) is 0 Å². The van der Waals surface area contributed by atoms with E-state index in [1.807, 2.05) is 31.2 Å². The molecule has 2 aromatic rings. The fourth-order valence-corrected chi connectivity index (χ4v) is 4.46. The summed E-state index contributed by atoms with van der Waals surface area (Å²) in [4.78, 5) is 17.1. The minimum Gasteiger partial charge on any atom is -0.490 e. The average molecular weight is 407 g/mol. The molecule has 0 saturated heterocycles. The molecule has 5 heteroatoms. The van der Waals surface area contributed by atoms with Crippen molar-refractivity contribution in [3.8, 4) is 11.5 Å². The predicted octanol–water partition coefficient (Wildman–Crippen LogP) is 4.33. The van der Waals surface area contributed by atoms with Gasteiger partial charge in [-0.15, -0.1) is 0 Å². The maximum Gasteiger partial charge on any atom is 0.251 e. The number of hydrogen-bond donors (Lipinski definition) is 1. The molecule has 0 bridgehead atoms. The number of carbonyl (C=O) groups excluding carboxylic acids is 1. The van der Waals surface area contributed by atoms with Gasteiger partial charge < -0.3 is 14.8 Å². The number of carbonyl (C=O) groups is 1. The Hall–Kier alpha value is -2.82. The zero-order chi connectivity index (χ0) is 21.7. The molecule has 0 fully saturated rings. The molecule has 0 spiro atoms. The molecule has 0 atom stereocenters. The van der Waals surface area contributed by atoms with Crippen molar-refractivity contribution < 1.29 is 14.3 Å². The molecular formula is C25H30N2O3. The van der Waals surface area contributed by atoms with Crippen molar-refractivity contribution >= 4 is 11.6 Å². The third-order valence-electron chi connectivity index (χ3n) is 5.63. The lowest BCUT2D eigenvalue weighted by molar-refractivity contribution is 0.0963. The van der Waals surface area contributed by atoms with Gasteiger partial charge >= 0.3 is 0 Å². The van der Waals surface area contributed by atoms with Gasteiger partial charge in [0, 0.05) is 35.7 Å². The third kappa shape index (κ3) is 3.57. The maximum absolute atomic E-state index is 12.0. The highest BCUT2D eigenvalue weighted by Crippen LogP contribution is 2.48. The van der Waals surface area contributed by atoms with Crippen LogP contribution in [0.2, 0.25) is 0 Å². The van der Waals surface area contributed by atoms with Gasteiger partial charge in [0.05, 0.1) is 17.9 Å². The van der Waals surface area contributed by atoms with E-state index in [0.717, 1.165) is 41.2 Å². The zero-order valence-electron chi connectivity index (χ0n) is 18.7. The van der Waals surface area contributed by atoms with Crippen molar-refractivity contribution in [3.05, 3.63) is 58.1 Å². The zero-order valence-corrected chi connectivity index (χ0v) is 18.7. The molecule has 0 aromatic heterocycles. The molecule has 2 aliphatic rings. The lowest BCUT2D eigenvalue weighted by Crippen LogP contribution is -2.30. The summed E-state index contributed by atoms with van der Waals surface area (Å²) in [6.45, 7) is 11.1. The Morgan fingerprint density at radius 3 is 2.50 bits per heavy atom. The Kier molecular flexibility index (Phi) is 4.88. The van der Waals surface area contributed by atoms with Gasteiger partial charge in [0.25, 0.3) is 5.91 Å². The van der Waals surface area contributed by atoms with Gasteiger partial charge in [-0.1, -0.05) is 12.1 Å². The number of benzene rings is 2. The molecule has 1 N–H and O–H groups in total. The van der Waals surface area contributed by atoms with Crippen molar-refractivity contribution in [1.82, 2.24) is 5.32 Å². The number of nitrogens with zero attached hydrogens (tertiary/aromatic N) is 1. The highest BCUT2D eigenvalue weighted by atomic mass is 16.5. The molecule has 158 valence electrons. The monoisotopic (exact) mass is 406 g/mol. The summed E-state index contributed by atoms with van der Waals surface area (Å²) in [5, 5.41) is 2.67. The van der Waals surface area contributed by atoms with Crippen LogP contribution in [0.15, 0.2) is 35.3 Å². The van der Waals surface area contributed by atoms with E-state index in [1.165, 1.54) is 11.1 Å². The second-order valence-corrected chi connectivity index (χ2v) is 9.29. The van der Waals surface area contributed by atoms with Crippen LogP contribution in [0, 0.1) is 0 Å². The predicted molar refractivity (Wildman–Crippen MR) is 119 cm³/mol. The normalized spacial score (nSPS) is 18.0. The van der Waals surface area contributed by atoms with Crippen LogP contribution < -0.4 is 14.8 Å². The maximum atomic E-state index is 12.0. The van der Waals surface area contributed by atoms with E-state index >= 15 is 0 Å². The first-order valence-electron chi connectivity index (χ1n) is 10.6. The smallest absolute Gasteiger partial charge is 0.251 e. The van der Waals surface area contributed by atoms with E-state index in [-0.39, 0.29) is 17.0 Å². The minimum atomic E-state index is -0.287. The van der Waals surface area contributed by atoms with Crippen molar-refractivity contribution in [2.45, 2.75) is 58.6 Å². The molecule has 5 nitrogen and oxygen atoms in total. The molecule has 4 rings (SSSR count). The van der Waals surface area contributed by atoms with Gasteiger partial charge in [0.1, 0.15) is 5.60 Å². The van der Waals surface area contributed by atoms with Crippen molar-refractivity contribution in [3.63, 3.8) is 0 Å².